The first-order valence-electron chi connectivity index (χ1n) is 5.56. The fraction of sp³-hybridized carbons (Fsp3) is 0.909. The Labute approximate surface area is 106 Å². The molecule has 0 aliphatic heterocycles. The molecule has 0 aromatic heterocycles. The summed E-state index contributed by atoms with van der Waals surface area (Å²) in [5.41, 5.74) is -0.434. The molecular formula is C11H22BrNO3. The van der Waals surface area contributed by atoms with E-state index in [2.05, 4.69) is 21.2 Å². The van der Waals surface area contributed by atoms with E-state index in [1.807, 2.05) is 20.8 Å². The molecule has 0 aromatic carbocycles. The van der Waals surface area contributed by atoms with E-state index in [0.29, 0.717) is 13.2 Å². The minimum absolute atomic E-state index is 0.368. The van der Waals surface area contributed by atoms with Gasteiger partial charge in [-0.05, 0) is 33.6 Å². The van der Waals surface area contributed by atoms with Gasteiger partial charge in [-0.2, -0.15) is 0 Å². The van der Waals surface area contributed by atoms with Crippen molar-refractivity contribution in [3.8, 4) is 0 Å². The topological polar surface area (TPSA) is 47.6 Å². The maximum absolute atomic E-state index is 11.2. The Morgan fingerprint density at radius 2 is 1.88 bits per heavy atom. The number of nitrogens with one attached hydrogen (secondary N) is 1. The number of rotatable bonds is 7. The predicted molar refractivity (Wildman–Crippen MR) is 68.1 cm³/mol. The molecule has 4 nitrogen and oxygen atoms in total. The third kappa shape index (κ3) is 11.8. The molecule has 0 fully saturated rings. The number of ether oxygens (including phenoxy) is 2. The molecule has 0 rings (SSSR count). The summed E-state index contributed by atoms with van der Waals surface area (Å²) in [6, 6.07) is 0. The van der Waals surface area contributed by atoms with E-state index in [1.54, 1.807) is 0 Å². The van der Waals surface area contributed by atoms with Crippen LogP contribution >= 0.6 is 15.9 Å². The van der Waals surface area contributed by atoms with Gasteiger partial charge in [0, 0.05) is 25.1 Å². The number of carbonyl (C=O) groups excluding carboxylic acids is 1. The molecule has 1 N–H and O–H groups in total. The summed E-state index contributed by atoms with van der Waals surface area (Å²) >= 11 is 3.33. The smallest absolute Gasteiger partial charge is 0.407 e. The van der Waals surface area contributed by atoms with Crippen molar-refractivity contribution < 1.29 is 14.3 Å². The van der Waals surface area contributed by atoms with Gasteiger partial charge in [0.2, 0.25) is 0 Å². The van der Waals surface area contributed by atoms with E-state index in [-0.39, 0.29) is 6.09 Å². The van der Waals surface area contributed by atoms with Crippen LogP contribution in [0.4, 0.5) is 4.79 Å². The number of amides is 1. The standard InChI is InChI=1S/C11H22BrNO3/c1-11(2,3)16-10(14)13-7-5-9-15-8-4-6-12/h4-9H2,1-3H3,(H,13,14). The van der Waals surface area contributed by atoms with Crippen LogP contribution in [0.2, 0.25) is 0 Å². The molecule has 0 radical (unpaired) electrons. The predicted octanol–water partition coefficient (Wildman–Crippen LogP) is 2.70. The molecular weight excluding hydrogens is 274 g/mol. The van der Waals surface area contributed by atoms with Gasteiger partial charge in [-0.25, -0.2) is 4.79 Å². The van der Waals surface area contributed by atoms with Gasteiger partial charge in [-0.1, -0.05) is 15.9 Å². The molecule has 16 heavy (non-hydrogen) atoms. The molecule has 0 atom stereocenters. The Kier molecular flexibility index (Phi) is 8.66. The van der Waals surface area contributed by atoms with Gasteiger partial charge < -0.3 is 14.8 Å². The van der Waals surface area contributed by atoms with Crippen LogP contribution in [0, 0.1) is 0 Å². The van der Waals surface area contributed by atoms with Crippen LogP contribution in [0.15, 0.2) is 0 Å². The minimum Gasteiger partial charge on any atom is -0.444 e. The lowest BCUT2D eigenvalue weighted by molar-refractivity contribution is 0.0520. The third-order valence-electron chi connectivity index (χ3n) is 1.56. The molecule has 0 heterocycles. The van der Waals surface area contributed by atoms with Crippen molar-refractivity contribution in [1.29, 1.82) is 0 Å². The number of alkyl halides is 1. The molecule has 0 aromatic rings. The highest BCUT2D eigenvalue weighted by atomic mass is 79.9. The lowest BCUT2D eigenvalue weighted by Crippen LogP contribution is -2.33. The average molecular weight is 296 g/mol. The normalized spacial score (nSPS) is 11.2. The molecule has 0 aliphatic carbocycles. The Morgan fingerprint density at radius 1 is 1.25 bits per heavy atom. The van der Waals surface area contributed by atoms with Gasteiger partial charge in [0.15, 0.2) is 0 Å². The summed E-state index contributed by atoms with van der Waals surface area (Å²) in [5.74, 6) is 0. The van der Waals surface area contributed by atoms with Gasteiger partial charge in [0.25, 0.3) is 0 Å². The highest BCUT2D eigenvalue weighted by Gasteiger charge is 2.15. The Hall–Kier alpha value is -0.290. The van der Waals surface area contributed by atoms with Crippen molar-refractivity contribution in [2.75, 3.05) is 25.1 Å². The maximum atomic E-state index is 11.2. The Morgan fingerprint density at radius 3 is 2.44 bits per heavy atom. The van der Waals surface area contributed by atoms with Crippen molar-refractivity contribution in [1.82, 2.24) is 5.32 Å². The van der Waals surface area contributed by atoms with Crippen molar-refractivity contribution >= 4 is 22.0 Å². The van der Waals surface area contributed by atoms with Gasteiger partial charge >= 0.3 is 6.09 Å². The zero-order chi connectivity index (χ0) is 12.4. The number of carbonyl (C=O) groups is 1. The molecule has 0 aliphatic rings. The maximum Gasteiger partial charge on any atom is 0.407 e. The third-order valence-corrected chi connectivity index (χ3v) is 2.12. The Balaban J connectivity index is 3.28. The largest absolute Gasteiger partial charge is 0.444 e. The summed E-state index contributed by atoms with van der Waals surface area (Å²) < 4.78 is 10.4. The van der Waals surface area contributed by atoms with Gasteiger partial charge in [0.05, 0.1) is 0 Å². The lowest BCUT2D eigenvalue weighted by atomic mass is 10.2. The lowest BCUT2D eigenvalue weighted by Gasteiger charge is -2.19. The highest BCUT2D eigenvalue weighted by Crippen LogP contribution is 2.06. The first kappa shape index (κ1) is 15.7. The minimum atomic E-state index is -0.434. The SMILES string of the molecule is CC(C)(C)OC(=O)NCCCOCCCBr. The first-order valence-corrected chi connectivity index (χ1v) is 6.68. The molecule has 0 unspecified atom stereocenters. The van der Waals surface area contributed by atoms with Crippen LogP contribution < -0.4 is 5.32 Å². The van der Waals surface area contributed by atoms with E-state index < -0.39 is 5.60 Å². The second kappa shape index (κ2) is 8.82. The second-order valence-corrected chi connectivity index (χ2v) is 5.23. The molecule has 96 valence electrons. The summed E-state index contributed by atoms with van der Waals surface area (Å²) in [7, 11) is 0. The van der Waals surface area contributed by atoms with E-state index in [4.69, 9.17) is 9.47 Å². The fourth-order valence-electron chi connectivity index (χ4n) is 0.938. The summed E-state index contributed by atoms with van der Waals surface area (Å²) in [6.07, 6.45) is 1.45. The van der Waals surface area contributed by atoms with Crippen molar-refractivity contribution in [3.63, 3.8) is 0 Å². The highest BCUT2D eigenvalue weighted by molar-refractivity contribution is 9.09. The summed E-state index contributed by atoms with van der Waals surface area (Å²) in [6.45, 7) is 7.55. The second-order valence-electron chi connectivity index (χ2n) is 4.44. The molecule has 0 bridgehead atoms. The summed E-state index contributed by atoms with van der Waals surface area (Å²) in [5, 5.41) is 3.64. The van der Waals surface area contributed by atoms with E-state index in [0.717, 1.165) is 24.8 Å². The monoisotopic (exact) mass is 295 g/mol. The van der Waals surface area contributed by atoms with Crippen LogP contribution in [0.1, 0.15) is 33.6 Å². The van der Waals surface area contributed by atoms with Gasteiger partial charge in [-0.15, -0.1) is 0 Å². The van der Waals surface area contributed by atoms with Crippen molar-refractivity contribution in [2.24, 2.45) is 0 Å². The Bertz CT molecular complexity index is 192. The van der Waals surface area contributed by atoms with Crippen molar-refractivity contribution in [3.05, 3.63) is 0 Å². The number of alkyl carbamates (subject to hydrolysis) is 1. The van der Waals surface area contributed by atoms with E-state index in [9.17, 15) is 4.79 Å². The molecule has 0 spiro atoms. The van der Waals surface area contributed by atoms with Crippen molar-refractivity contribution in [2.45, 2.75) is 39.2 Å². The number of halogens is 1. The average Bonchev–Trinajstić information content (AvgIpc) is 2.13. The van der Waals surface area contributed by atoms with Crippen LogP contribution in [-0.2, 0) is 9.47 Å². The fourth-order valence-corrected chi connectivity index (χ4v) is 1.17. The zero-order valence-electron chi connectivity index (χ0n) is 10.3. The van der Waals surface area contributed by atoms with Crippen LogP contribution in [0.3, 0.4) is 0 Å². The molecule has 1 amide bonds. The van der Waals surface area contributed by atoms with Crippen LogP contribution in [0.5, 0.6) is 0 Å². The molecule has 0 saturated heterocycles. The molecule has 5 heteroatoms. The van der Waals surface area contributed by atoms with Crippen LogP contribution in [-0.4, -0.2) is 36.8 Å². The number of hydrogen-bond acceptors (Lipinski definition) is 3. The first-order chi connectivity index (χ1) is 7.45. The van der Waals surface area contributed by atoms with Crippen LogP contribution in [0.25, 0.3) is 0 Å². The summed E-state index contributed by atoms with van der Waals surface area (Å²) in [4.78, 5) is 11.2. The van der Waals surface area contributed by atoms with E-state index in [1.165, 1.54) is 0 Å². The van der Waals surface area contributed by atoms with Gasteiger partial charge in [-0.3, -0.25) is 0 Å². The van der Waals surface area contributed by atoms with Gasteiger partial charge in [0.1, 0.15) is 5.60 Å². The van der Waals surface area contributed by atoms with E-state index >= 15 is 0 Å². The number of hydrogen-bond donors (Lipinski definition) is 1. The quantitative estimate of drug-likeness (QED) is 0.580. The zero-order valence-corrected chi connectivity index (χ0v) is 11.9. The molecule has 0 saturated carbocycles.